The third kappa shape index (κ3) is 3.47. The Kier molecular flexibility index (Phi) is 4.93. The molecule has 0 aliphatic carbocycles. The van der Waals surface area contributed by atoms with Crippen LogP contribution in [0.3, 0.4) is 0 Å². The molecule has 106 valence electrons. The molecule has 0 aliphatic heterocycles. The second-order valence-corrected chi connectivity index (χ2v) is 4.70. The van der Waals surface area contributed by atoms with Gasteiger partial charge in [0, 0.05) is 6.54 Å². The number of aryl methyl sites for hydroxylation is 1. The summed E-state index contributed by atoms with van der Waals surface area (Å²) in [4.78, 5) is 8.59. The minimum atomic E-state index is 0.640. The molecule has 0 saturated carbocycles. The van der Waals surface area contributed by atoms with Gasteiger partial charge in [0.1, 0.15) is 17.9 Å². The summed E-state index contributed by atoms with van der Waals surface area (Å²) in [6.07, 6.45) is 3.46. The van der Waals surface area contributed by atoms with Crippen molar-refractivity contribution < 1.29 is 4.74 Å². The standard InChI is InChI=1S/C16H21N3O/c1-4-6-14-15(17-5-2)18-11-19-16(14)20-13-9-7-12(3)8-10-13/h7-11H,4-6H2,1-3H3,(H,17,18,19). The highest BCUT2D eigenvalue weighted by atomic mass is 16.5. The summed E-state index contributed by atoms with van der Waals surface area (Å²) in [6, 6.07) is 7.97. The van der Waals surface area contributed by atoms with E-state index in [1.54, 1.807) is 6.33 Å². The van der Waals surface area contributed by atoms with Crippen molar-refractivity contribution in [2.75, 3.05) is 11.9 Å². The van der Waals surface area contributed by atoms with Crippen molar-refractivity contribution in [3.8, 4) is 11.6 Å². The second-order valence-electron chi connectivity index (χ2n) is 4.70. The maximum atomic E-state index is 5.91. The van der Waals surface area contributed by atoms with Crippen molar-refractivity contribution in [2.24, 2.45) is 0 Å². The van der Waals surface area contributed by atoms with Gasteiger partial charge in [-0.3, -0.25) is 0 Å². The molecule has 4 heteroatoms. The Morgan fingerprint density at radius 3 is 2.50 bits per heavy atom. The highest BCUT2D eigenvalue weighted by Crippen LogP contribution is 2.28. The number of anilines is 1. The van der Waals surface area contributed by atoms with E-state index in [1.807, 2.05) is 24.3 Å². The Labute approximate surface area is 120 Å². The molecule has 0 atom stereocenters. The third-order valence-corrected chi connectivity index (χ3v) is 2.99. The Hall–Kier alpha value is -2.10. The van der Waals surface area contributed by atoms with Crippen molar-refractivity contribution in [3.63, 3.8) is 0 Å². The average molecular weight is 271 g/mol. The molecule has 0 aliphatic rings. The summed E-state index contributed by atoms with van der Waals surface area (Å²) in [5.74, 6) is 2.31. The van der Waals surface area contributed by atoms with Crippen molar-refractivity contribution in [1.82, 2.24) is 9.97 Å². The first-order chi connectivity index (χ1) is 9.74. The lowest BCUT2D eigenvalue weighted by molar-refractivity contribution is 0.454. The number of benzene rings is 1. The summed E-state index contributed by atoms with van der Waals surface area (Å²) in [6.45, 7) is 7.08. The van der Waals surface area contributed by atoms with Gasteiger partial charge in [0.05, 0.1) is 5.56 Å². The van der Waals surface area contributed by atoms with Crippen molar-refractivity contribution in [1.29, 1.82) is 0 Å². The molecule has 0 unspecified atom stereocenters. The Bertz CT molecular complexity index is 552. The van der Waals surface area contributed by atoms with Crippen LogP contribution in [0.1, 0.15) is 31.4 Å². The molecule has 0 radical (unpaired) electrons. The zero-order valence-electron chi connectivity index (χ0n) is 12.3. The predicted octanol–water partition coefficient (Wildman–Crippen LogP) is 3.96. The molecule has 1 N–H and O–H groups in total. The van der Waals surface area contributed by atoms with Gasteiger partial charge in [0.15, 0.2) is 0 Å². The van der Waals surface area contributed by atoms with E-state index in [0.29, 0.717) is 5.88 Å². The highest BCUT2D eigenvalue weighted by molar-refractivity contribution is 5.49. The van der Waals surface area contributed by atoms with Crippen LogP contribution >= 0.6 is 0 Å². The van der Waals surface area contributed by atoms with Gasteiger partial charge in [-0.25, -0.2) is 9.97 Å². The van der Waals surface area contributed by atoms with Gasteiger partial charge < -0.3 is 10.1 Å². The molecule has 20 heavy (non-hydrogen) atoms. The topological polar surface area (TPSA) is 47.0 Å². The number of ether oxygens (including phenoxy) is 1. The zero-order valence-corrected chi connectivity index (χ0v) is 12.3. The van der Waals surface area contributed by atoms with Crippen LogP contribution in [0.15, 0.2) is 30.6 Å². The maximum absolute atomic E-state index is 5.91. The van der Waals surface area contributed by atoms with E-state index in [1.165, 1.54) is 5.56 Å². The van der Waals surface area contributed by atoms with Crippen LogP contribution in [0.25, 0.3) is 0 Å². The molecule has 0 bridgehead atoms. The lowest BCUT2D eigenvalue weighted by Crippen LogP contribution is -2.06. The molecule has 0 amide bonds. The quantitative estimate of drug-likeness (QED) is 0.863. The molecule has 4 nitrogen and oxygen atoms in total. The van der Waals surface area contributed by atoms with Crippen LogP contribution in [-0.2, 0) is 6.42 Å². The summed E-state index contributed by atoms with van der Waals surface area (Å²) >= 11 is 0. The van der Waals surface area contributed by atoms with Crippen molar-refractivity contribution in [2.45, 2.75) is 33.6 Å². The molecule has 1 heterocycles. The van der Waals surface area contributed by atoms with Gasteiger partial charge in [0.25, 0.3) is 0 Å². The van der Waals surface area contributed by atoms with Crippen LogP contribution in [0.5, 0.6) is 11.6 Å². The lowest BCUT2D eigenvalue weighted by atomic mass is 10.1. The Balaban J connectivity index is 2.29. The highest BCUT2D eigenvalue weighted by Gasteiger charge is 2.12. The van der Waals surface area contributed by atoms with Gasteiger partial charge >= 0.3 is 0 Å². The minimum Gasteiger partial charge on any atom is -0.439 e. The first-order valence-corrected chi connectivity index (χ1v) is 7.06. The minimum absolute atomic E-state index is 0.640. The van der Waals surface area contributed by atoms with E-state index in [2.05, 4.69) is 36.1 Å². The molecule has 2 rings (SSSR count). The fourth-order valence-electron chi connectivity index (χ4n) is 2.00. The fourth-order valence-corrected chi connectivity index (χ4v) is 2.00. The van der Waals surface area contributed by atoms with E-state index in [4.69, 9.17) is 4.74 Å². The average Bonchev–Trinajstić information content (AvgIpc) is 2.45. The summed E-state index contributed by atoms with van der Waals surface area (Å²) in [5, 5.41) is 3.27. The summed E-state index contributed by atoms with van der Waals surface area (Å²) < 4.78 is 5.91. The molecule has 0 fully saturated rings. The van der Waals surface area contributed by atoms with Crippen molar-refractivity contribution >= 4 is 5.82 Å². The third-order valence-electron chi connectivity index (χ3n) is 2.99. The van der Waals surface area contributed by atoms with Gasteiger partial charge in [-0.1, -0.05) is 31.0 Å². The lowest BCUT2D eigenvalue weighted by Gasteiger charge is -2.13. The SMILES string of the molecule is CCCc1c(NCC)ncnc1Oc1ccc(C)cc1. The summed E-state index contributed by atoms with van der Waals surface area (Å²) in [5.41, 5.74) is 2.25. The van der Waals surface area contributed by atoms with Crippen LogP contribution in [0, 0.1) is 6.92 Å². The number of hydrogen-bond acceptors (Lipinski definition) is 4. The van der Waals surface area contributed by atoms with E-state index >= 15 is 0 Å². The number of rotatable bonds is 6. The van der Waals surface area contributed by atoms with Crippen LogP contribution in [0.4, 0.5) is 5.82 Å². The molecule has 1 aromatic heterocycles. The number of hydrogen-bond donors (Lipinski definition) is 1. The molecular weight excluding hydrogens is 250 g/mol. The molecule has 0 saturated heterocycles. The van der Waals surface area contributed by atoms with E-state index in [9.17, 15) is 0 Å². The van der Waals surface area contributed by atoms with Crippen LogP contribution in [-0.4, -0.2) is 16.5 Å². The Morgan fingerprint density at radius 2 is 1.85 bits per heavy atom. The smallest absolute Gasteiger partial charge is 0.227 e. The van der Waals surface area contributed by atoms with Gasteiger partial charge in [0.2, 0.25) is 5.88 Å². The first-order valence-electron chi connectivity index (χ1n) is 7.06. The van der Waals surface area contributed by atoms with Crippen molar-refractivity contribution in [3.05, 3.63) is 41.7 Å². The van der Waals surface area contributed by atoms with E-state index in [0.717, 1.165) is 36.5 Å². The first kappa shape index (κ1) is 14.3. The maximum Gasteiger partial charge on any atom is 0.227 e. The Morgan fingerprint density at radius 1 is 1.10 bits per heavy atom. The largest absolute Gasteiger partial charge is 0.439 e. The molecule has 0 spiro atoms. The number of aromatic nitrogens is 2. The number of nitrogens with zero attached hydrogens (tertiary/aromatic N) is 2. The summed E-state index contributed by atoms with van der Waals surface area (Å²) in [7, 11) is 0. The molecule has 1 aromatic carbocycles. The van der Waals surface area contributed by atoms with Gasteiger partial charge in [-0.15, -0.1) is 0 Å². The monoisotopic (exact) mass is 271 g/mol. The van der Waals surface area contributed by atoms with Gasteiger partial charge in [-0.2, -0.15) is 0 Å². The normalized spacial score (nSPS) is 10.3. The molecule has 2 aromatic rings. The van der Waals surface area contributed by atoms with E-state index < -0.39 is 0 Å². The fraction of sp³-hybridized carbons (Fsp3) is 0.375. The van der Waals surface area contributed by atoms with E-state index in [-0.39, 0.29) is 0 Å². The van der Waals surface area contributed by atoms with Crippen LogP contribution < -0.4 is 10.1 Å². The second kappa shape index (κ2) is 6.89. The van der Waals surface area contributed by atoms with Crippen LogP contribution in [0.2, 0.25) is 0 Å². The molecular formula is C16H21N3O. The number of nitrogens with one attached hydrogen (secondary N) is 1. The zero-order chi connectivity index (χ0) is 14.4. The van der Waals surface area contributed by atoms with Gasteiger partial charge in [-0.05, 0) is 32.4 Å². The predicted molar refractivity (Wildman–Crippen MR) is 81.4 cm³/mol.